The maximum Gasteiger partial charge on any atom is 0.333 e. The lowest BCUT2D eigenvalue weighted by atomic mass is 10.1. The standard InChI is InChI=1S/C21H19Cl2NO4S/c1-2-27-19(21(25)26)9-14-5-8-17(10-18(14)23)28-11-16-12-29-20(24-16)13-3-6-15(22)7-4-13/h3-8,10,12,19H,2,9,11H2,1H3,(H,25,26). The number of hydrogen-bond acceptors (Lipinski definition) is 5. The van der Waals surface area contributed by atoms with E-state index in [0.29, 0.717) is 34.6 Å². The first kappa shape index (κ1) is 21.6. The zero-order chi connectivity index (χ0) is 20.8. The van der Waals surface area contributed by atoms with E-state index in [1.54, 1.807) is 25.1 Å². The van der Waals surface area contributed by atoms with Crippen molar-refractivity contribution < 1.29 is 19.4 Å². The molecule has 0 saturated heterocycles. The first-order valence-corrected chi connectivity index (χ1v) is 10.6. The molecule has 1 heterocycles. The number of aromatic nitrogens is 1. The number of nitrogens with zero attached hydrogens (tertiary/aromatic N) is 1. The van der Waals surface area contributed by atoms with E-state index in [2.05, 4.69) is 4.98 Å². The first-order valence-electron chi connectivity index (χ1n) is 8.92. The topological polar surface area (TPSA) is 68.7 Å². The monoisotopic (exact) mass is 451 g/mol. The third kappa shape index (κ3) is 5.93. The molecule has 8 heteroatoms. The minimum Gasteiger partial charge on any atom is -0.487 e. The highest BCUT2D eigenvalue weighted by Crippen LogP contribution is 2.27. The number of thiazole rings is 1. The number of aliphatic carboxylic acids is 1. The van der Waals surface area contributed by atoms with E-state index in [1.165, 1.54) is 11.3 Å². The molecule has 1 unspecified atom stereocenters. The second-order valence-corrected chi connectivity index (χ2v) is 7.88. The van der Waals surface area contributed by atoms with Gasteiger partial charge in [0.05, 0.1) is 5.69 Å². The number of carbonyl (C=O) groups is 1. The average molecular weight is 452 g/mol. The molecule has 0 spiro atoms. The third-order valence-corrected chi connectivity index (χ3v) is 5.65. The molecule has 1 N–H and O–H groups in total. The van der Waals surface area contributed by atoms with Crippen LogP contribution in [0, 0.1) is 0 Å². The van der Waals surface area contributed by atoms with Crippen molar-refractivity contribution >= 4 is 40.5 Å². The lowest BCUT2D eigenvalue weighted by Gasteiger charge is -2.14. The van der Waals surface area contributed by atoms with E-state index >= 15 is 0 Å². The number of carboxylic acids is 1. The Kier molecular flexibility index (Phi) is 7.50. The van der Waals surface area contributed by atoms with Crippen molar-refractivity contribution in [3.05, 3.63) is 69.1 Å². The average Bonchev–Trinajstić information content (AvgIpc) is 3.17. The molecule has 0 aliphatic carbocycles. The Balaban J connectivity index is 1.62. The largest absolute Gasteiger partial charge is 0.487 e. The molecule has 0 saturated carbocycles. The molecule has 0 aliphatic heterocycles. The molecule has 1 atom stereocenters. The summed E-state index contributed by atoms with van der Waals surface area (Å²) < 4.78 is 11.0. The highest BCUT2D eigenvalue weighted by Gasteiger charge is 2.19. The summed E-state index contributed by atoms with van der Waals surface area (Å²) in [4.78, 5) is 15.8. The van der Waals surface area contributed by atoms with Gasteiger partial charge in [0, 0.05) is 34.0 Å². The fourth-order valence-electron chi connectivity index (χ4n) is 2.66. The number of carboxylic acid groups (broad SMARTS) is 1. The van der Waals surface area contributed by atoms with Crippen molar-refractivity contribution in [1.29, 1.82) is 0 Å². The Labute approximate surface area is 182 Å². The molecule has 0 bridgehead atoms. The zero-order valence-corrected chi connectivity index (χ0v) is 17.9. The van der Waals surface area contributed by atoms with Gasteiger partial charge in [-0.25, -0.2) is 9.78 Å². The van der Waals surface area contributed by atoms with Crippen molar-refractivity contribution in [3.63, 3.8) is 0 Å². The van der Waals surface area contributed by atoms with Gasteiger partial charge < -0.3 is 14.6 Å². The number of halogens is 2. The molecule has 0 amide bonds. The van der Waals surface area contributed by atoms with Crippen LogP contribution >= 0.6 is 34.5 Å². The summed E-state index contributed by atoms with van der Waals surface area (Å²) in [6.07, 6.45) is -0.732. The van der Waals surface area contributed by atoms with Crippen LogP contribution in [0.4, 0.5) is 0 Å². The summed E-state index contributed by atoms with van der Waals surface area (Å²) in [5.74, 6) is -0.425. The van der Waals surface area contributed by atoms with E-state index in [0.717, 1.165) is 16.3 Å². The van der Waals surface area contributed by atoms with Gasteiger partial charge in [0.15, 0.2) is 6.10 Å². The molecule has 3 aromatic rings. The van der Waals surface area contributed by atoms with Gasteiger partial charge in [0.2, 0.25) is 0 Å². The van der Waals surface area contributed by atoms with Gasteiger partial charge in [-0.3, -0.25) is 0 Å². The smallest absolute Gasteiger partial charge is 0.333 e. The lowest BCUT2D eigenvalue weighted by molar-refractivity contribution is -0.149. The Hall–Kier alpha value is -2.12. The van der Waals surface area contributed by atoms with E-state index in [1.807, 2.05) is 29.6 Å². The van der Waals surface area contributed by atoms with Crippen LogP contribution in [0.2, 0.25) is 10.0 Å². The molecule has 1 aromatic heterocycles. The van der Waals surface area contributed by atoms with Crippen LogP contribution in [-0.2, 0) is 22.6 Å². The van der Waals surface area contributed by atoms with Crippen molar-refractivity contribution in [3.8, 4) is 16.3 Å². The summed E-state index contributed by atoms with van der Waals surface area (Å²) in [5.41, 5.74) is 2.50. The van der Waals surface area contributed by atoms with Gasteiger partial charge in [-0.1, -0.05) is 41.4 Å². The number of ether oxygens (including phenoxy) is 2. The molecule has 0 aliphatic rings. The summed E-state index contributed by atoms with van der Waals surface area (Å²) in [6, 6.07) is 12.7. The second kappa shape index (κ2) is 10.1. The van der Waals surface area contributed by atoms with E-state index in [9.17, 15) is 9.90 Å². The van der Waals surface area contributed by atoms with Crippen LogP contribution in [0.1, 0.15) is 18.2 Å². The first-order chi connectivity index (χ1) is 14.0. The van der Waals surface area contributed by atoms with Gasteiger partial charge in [-0.15, -0.1) is 11.3 Å². The zero-order valence-electron chi connectivity index (χ0n) is 15.6. The third-order valence-electron chi connectivity index (χ3n) is 4.10. The Morgan fingerprint density at radius 2 is 1.97 bits per heavy atom. The van der Waals surface area contributed by atoms with Crippen LogP contribution in [-0.4, -0.2) is 28.8 Å². The van der Waals surface area contributed by atoms with Gasteiger partial charge in [-0.05, 0) is 36.8 Å². The molecule has 3 rings (SSSR count). The molecule has 5 nitrogen and oxygen atoms in total. The van der Waals surface area contributed by atoms with Crippen molar-refractivity contribution in [2.75, 3.05) is 6.61 Å². The maximum atomic E-state index is 11.2. The van der Waals surface area contributed by atoms with E-state index in [4.69, 9.17) is 32.7 Å². The predicted octanol–water partition coefficient (Wildman–Crippen LogP) is 5.73. The molecule has 29 heavy (non-hydrogen) atoms. The van der Waals surface area contributed by atoms with Gasteiger partial charge in [0.25, 0.3) is 0 Å². The van der Waals surface area contributed by atoms with Crippen molar-refractivity contribution in [1.82, 2.24) is 4.98 Å². The van der Waals surface area contributed by atoms with E-state index in [-0.39, 0.29) is 6.42 Å². The van der Waals surface area contributed by atoms with Crippen LogP contribution < -0.4 is 4.74 Å². The summed E-state index contributed by atoms with van der Waals surface area (Å²) >= 11 is 13.8. The fourth-order valence-corrected chi connectivity index (χ4v) is 3.84. The van der Waals surface area contributed by atoms with E-state index < -0.39 is 12.1 Å². The number of rotatable bonds is 9. The maximum absolute atomic E-state index is 11.2. The second-order valence-electron chi connectivity index (χ2n) is 6.18. The summed E-state index contributed by atoms with van der Waals surface area (Å²) in [6.45, 7) is 2.38. The molecule has 152 valence electrons. The highest BCUT2D eigenvalue weighted by atomic mass is 35.5. The number of hydrogen-bond donors (Lipinski definition) is 1. The highest BCUT2D eigenvalue weighted by molar-refractivity contribution is 7.13. The van der Waals surface area contributed by atoms with Crippen LogP contribution in [0.5, 0.6) is 5.75 Å². The number of benzene rings is 2. The minimum absolute atomic E-state index is 0.193. The van der Waals surface area contributed by atoms with Crippen LogP contribution in [0.25, 0.3) is 10.6 Å². The normalized spacial score (nSPS) is 12.0. The Bertz CT molecular complexity index is 975. The van der Waals surface area contributed by atoms with Crippen LogP contribution in [0.15, 0.2) is 47.8 Å². The minimum atomic E-state index is -1.01. The van der Waals surface area contributed by atoms with Gasteiger partial charge in [0.1, 0.15) is 17.4 Å². The summed E-state index contributed by atoms with van der Waals surface area (Å²) in [5, 5.41) is 13.2. The molecular weight excluding hydrogens is 433 g/mol. The Morgan fingerprint density at radius 1 is 1.21 bits per heavy atom. The van der Waals surface area contributed by atoms with Crippen molar-refractivity contribution in [2.45, 2.75) is 26.1 Å². The quantitative estimate of drug-likeness (QED) is 0.449. The molecular formula is C21H19Cl2NO4S. The molecule has 2 aromatic carbocycles. The SMILES string of the molecule is CCOC(Cc1ccc(OCc2csc(-c3ccc(Cl)cc3)n2)cc1Cl)C(=O)O. The molecule has 0 fully saturated rings. The predicted molar refractivity (Wildman–Crippen MR) is 115 cm³/mol. The summed E-state index contributed by atoms with van der Waals surface area (Å²) in [7, 11) is 0. The molecule has 0 radical (unpaired) electrons. The Morgan fingerprint density at radius 3 is 2.62 bits per heavy atom. The van der Waals surface area contributed by atoms with Crippen LogP contribution in [0.3, 0.4) is 0 Å². The lowest BCUT2D eigenvalue weighted by Crippen LogP contribution is -2.26. The van der Waals surface area contributed by atoms with Crippen molar-refractivity contribution in [2.24, 2.45) is 0 Å². The van der Waals surface area contributed by atoms with Gasteiger partial charge >= 0.3 is 5.97 Å². The fraction of sp³-hybridized carbons (Fsp3) is 0.238. The van der Waals surface area contributed by atoms with Gasteiger partial charge in [-0.2, -0.15) is 0 Å².